The minimum atomic E-state index is -1.01. The molecule has 1 fully saturated rings. The molecule has 0 saturated carbocycles. The Labute approximate surface area is 155 Å². The van der Waals surface area contributed by atoms with Crippen LogP contribution in [0.5, 0.6) is 5.75 Å². The highest BCUT2D eigenvalue weighted by Gasteiger charge is 2.35. The second-order valence-corrected chi connectivity index (χ2v) is 6.75. The SMILES string of the molecule is CCOc1ccccc1N1CCN(C(=O)C(C)(N)c2ccccc2)CC1. The van der Waals surface area contributed by atoms with E-state index in [0.29, 0.717) is 19.7 Å². The van der Waals surface area contributed by atoms with Gasteiger partial charge in [0, 0.05) is 26.2 Å². The Bertz CT molecular complexity index is 738. The summed E-state index contributed by atoms with van der Waals surface area (Å²) < 4.78 is 5.73. The molecule has 2 N–H and O–H groups in total. The number of piperazine rings is 1. The monoisotopic (exact) mass is 353 g/mol. The minimum absolute atomic E-state index is 0.0264. The molecule has 5 heteroatoms. The lowest BCUT2D eigenvalue weighted by Crippen LogP contribution is -2.56. The number of para-hydroxylation sites is 2. The molecule has 0 radical (unpaired) electrons. The van der Waals surface area contributed by atoms with Gasteiger partial charge in [-0.1, -0.05) is 42.5 Å². The van der Waals surface area contributed by atoms with E-state index in [2.05, 4.69) is 11.0 Å². The summed E-state index contributed by atoms with van der Waals surface area (Å²) >= 11 is 0. The first-order valence-corrected chi connectivity index (χ1v) is 9.14. The molecule has 0 aliphatic carbocycles. The average molecular weight is 353 g/mol. The Morgan fingerprint density at radius 3 is 2.31 bits per heavy atom. The van der Waals surface area contributed by atoms with Crippen molar-refractivity contribution in [3.63, 3.8) is 0 Å². The van der Waals surface area contributed by atoms with Crippen molar-refractivity contribution in [3.8, 4) is 5.75 Å². The van der Waals surface area contributed by atoms with Gasteiger partial charge in [-0.3, -0.25) is 4.79 Å². The summed E-state index contributed by atoms with van der Waals surface area (Å²) in [5, 5.41) is 0. The fourth-order valence-electron chi connectivity index (χ4n) is 3.38. The van der Waals surface area contributed by atoms with Gasteiger partial charge < -0.3 is 20.3 Å². The molecule has 3 rings (SSSR count). The summed E-state index contributed by atoms with van der Waals surface area (Å²) in [7, 11) is 0. The highest BCUT2D eigenvalue weighted by molar-refractivity contribution is 5.87. The van der Waals surface area contributed by atoms with E-state index in [0.717, 1.165) is 30.1 Å². The van der Waals surface area contributed by atoms with E-state index in [9.17, 15) is 4.79 Å². The van der Waals surface area contributed by atoms with Gasteiger partial charge in [-0.15, -0.1) is 0 Å². The number of carbonyl (C=O) groups excluding carboxylic acids is 1. The first kappa shape index (κ1) is 18.3. The number of rotatable bonds is 5. The van der Waals surface area contributed by atoms with Gasteiger partial charge in [0.05, 0.1) is 12.3 Å². The summed E-state index contributed by atoms with van der Waals surface area (Å²) in [5.41, 5.74) is 7.31. The molecule has 0 spiro atoms. The van der Waals surface area contributed by atoms with Crippen LogP contribution in [0.4, 0.5) is 5.69 Å². The normalized spacial score (nSPS) is 16.9. The molecule has 26 heavy (non-hydrogen) atoms. The zero-order valence-corrected chi connectivity index (χ0v) is 15.5. The smallest absolute Gasteiger partial charge is 0.247 e. The molecule has 1 aliphatic heterocycles. The minimum Gasteiger partial charge on any atom is -0.492 e. The maximum atomic E-state index is 13.0. The highest BCUT2D eigenvalue weighted by Crippen LogP contribution is 2.29. The van der Waals surface area contributed by atoms with Crippen LogP contribution in [-0.4, -0.2) is 43.6 Å². The summed E-state index contributed by atoms with van der Waals surface area (Å²) in [6, 6.07) is 17.6. The van der Waals surface area contributed by atoms with E-state index in [1.165, 1.54) is 0 Å². The van der Waals surface area contributed by atoms with E-state index < -0.39 is 5.54 Å². The molecule has 5 nitrogen and oxygen atoms in total. The van der Waals surface area contributed by atoms with E-state index in [1.54, 1.807) is 6.92 Å². The molecule has 1 heterocycles. The fourth-order valence-corrected chi connectivity index (χ4v) is 3.38. The fraction of sp³-hybridized carbons (Fsp3) is 0.381. The van der Waals surface area contributed by atoms with Crippen molar-refractivity contribution in [1.29, 1.82) is 0 Å². The maximum absolute atomic E-state index is 13.0. The summed E-state index contributed by atoms with van der Waals surface area (Å²) in [5.74, 6) is 0.865. The van der Waals surface area contributed by atoms with Crippen LogP contribution in [0.1, 0.15) is 19.4 Å². The molecule has 1 unspecified atom stereocenters. The molecule has 0 bridgehead atoms. The number of anilines is 1. The molecule has 1 saturated heterocycles. The zero-order valence-electron chi connectivity index (χ0n) is 15.5. The van der Waals surface area contributed by atoms with E-state index >= 15 is 0 Å². The molecular weight excluding hydrogens is 326 g/mol. The lowest BCUT2D eigenvalue weighted by atomic mass is 9.91. The van der Waals surface area contributed by atoms with Crippen molar-refractivity contribution in [2.45, 2.75) is 19.4 Å². The van der Waals surface area contributed by atoms with Gasteiger partial charge in [-0.2, -0.15) is 0 Å². The number of hydrogen-bond acceptors (Lipinski definition) is 4. The summed E-state index contributed by atoms with van der Waals surface area (Å²) in [4.78, 5) is 17.1. The molecule has 2 aromatic rings. The molecular formula is C21H27N3O2. The Morgan fingerprint density at radius 1 is 1.04 bits per heavy atom. The quantitative estimate of drug-likeness (QED) is 0.898. The third-order valence-electron chi connectivity index (χ3n) is 4.89. The van der Waals surface area contributed by atoms with E-state index in [-0.39, 0.29) is 5.91 Å². The Kier molecular flexibility index (Phi) is 5.47. The second-order valence-electron chi connectivity index (χ2n) is 6.75. The van der Waals surface area contributed by atoms with Crippen LogP contribution in [0.3, 0.4) is 0 Å². The Morgan fingerprint density at radius 2 is 1.65 bits per heavy atom. The maximum Gasteiger partial charge on any atom is 0.247 e. The Balaban J connectivity index is 1.68. The average Bonchev–Trinajstić information content (AvgIpc) is 2.69. The number of benzene rings is 2. The molecule has 138 valence electrons. The third-order valence-corrected chi connectivity index (χ3v) is 4.89. The summed E-state index contributed by atoms with van der Waals surface area (Å²) in [6.45, 7) is 7.25. The largest absolute Gasteiger partial charge is 0.492 e. The van der Waals surface area contributed by atoms with Crippen LogP contribution in [0.25, 0.3) is 0 Å². The first-order valence-electron chi connectivity index (χ1n) is 9.14. The number of hydrogen-bond donors (Lipinski definition) is 1. The second kappa shape index (κ2) is 7.79. The molecule has 1 atom stereocenters. The van der Waals surface area contributed by atoms with Crippen molar-refractivity contribution in [2.24, 2.45) is 5.73 Å². The van der Waals surface area contributed by atoms with E-state index in [1.807, 2.05) is 60.4 Å². The van der Waals surface area contributed by atoms with Gasteiger partial charge in [-0.05, 0) is 31.5 Å². The van der Waals surface area contributed by atoms with Gasteiger partial charge in [0.1, 0.15) is 11.3 Å². The molecule has 1 aliphatic rings. The van der Waals surface area contributed by atoms with Gasteiger partial charge in [0.15, 0.2) is 0 Å². The topological polar surface area (TPSA) is 58.8 Å². The predicted octanol–water partition coefficient (Wildman–Crippen LogP) is 2.61. The van der Waals surface area contributed by atoms with Crippen LogP contribution in [0, 0.1) is 0 Å². The van der Waals surface area contributed by atoms with Gasteiger partial charge in [0.2, 0.25) is 5.91 Å². The van der Waals surface area contributed by atoms with Crippen molar-refractivity contribution in [2.75, 3.05) is 37.7 Å². The van der Waals surface area contributed by atoms with Gasteiger partial charge in [0.25, 0.3) is 0 Å². The lowest BCUT2D eigenvalue weighted by Gasteiger charge is -2.39. The molecule has 0 aromatic heterocycles. The zero-order chi connectivity index (χ0) is 18.6. The number of nitrogens with two attached hydrogens (primary N) is 1. The van der Waals surface area contributed by atoms with Crippen LogP contribution >= 0.6 is 0 Å². The van der Waals surface area contributed by atoms with Gasteiger partial charge >= 0.3 is 0 Å². The standard InChI is InChI=1S/C21H27N3O2/c1-3-26-19-12-8-7-11-18(19)23-13-15-24(16-14-23)20(25)21(2,22)17-9-5-4-6-10-17/h4-12H,3,13-16,22H2,1-2H3. The van der Waals surface area contributed by atoms with Crippen molar-refractivity contribution < 1.29 is 9.53 Å². The molecule has 1 amide bonds. The van der Waals surface area contributed by atoms with Crippen LogP contribution in [0.2, 0.25) is 0 Å². The number of nitrogens with zero attached hydrogens (tertiary/aromatic N) is 2. The van der Waals surface area contributed by atoms with Crippen molar-refractivity contribution in [1.82, 2.24) is 4.90 Å². The third kappa shape index (κ3) is 3.68. The van der Waals surface area contributed by atoms with E-state index in [4.69, 9.17) is 10.5 Å². The van der Waals surface area contributed by atoms with Crippen molar-refractivity contribution >= 4 is 11.6 Å². The predicted molar refractivity (Wildman–Crippen MR) is 104 cm³/mol. The van der Waals surface area contributed by atoms with Crippen LogP contribution < -0.4 is 15.4 Å². The first-order chi connectivity index (χ1) is 12.5. The summed E-state index contributed by atoms with van der Waals surface area (Å²) in [6.07, 6.45) is 0. The molecule has 2 aromatic carbocycles. The number of ether oxygens (including phenoxy) is 1. The van der Waals surface area contributed by atoms with Gasteiger partial charge in [-0.25, -0.2) is 0 Å². The lowest BCUT2D eigenvalue weighted by molar-refractivity contribution is -0.137. The number of amides is 1. The number of carbonyl (C=O) groups is 1. The van der Waals surface area contributed by atoms with Crippen LogP contribution in [0.15, 0.2) is 54.6 Å². The Hall–Kier alpha value is -2.53. The van der Waals surface area contributed by atoms with Crippen molar-refractivity contribution in [3.05, 3.63) is 60.2 Å². The highest BCUT2D eigenvalue weighted by atomic mass is 16.5. The van der Waals surface area contributed by atoms with Crippen LogP contribution in [-0.2, 0) is 10.3 Å².